The van der Waals surface area contributed by atoms with Gasteiger partial charge in [0.1, 0.15) is 6.10 Å². The van der Waals surface area contributed by atoms with Gasteiger partial charge in [-0.2, -0.15) is 0 Å². The fourth-order valence-electron chi connectivity index (χ4n) is 1.34. The standard InChI is InChI=1S/C15H18O/c1-4-13-5-7-14(8-6-13)9-10-15(16)11-12(2)3/h5-8,11,15-16H,4H2,1-3H3. The Balaban J connectivity index is 2.73. The minimum atomic E-state index is -0.671. The first-order valence-corrected chi connectivity index (χ1v) is 5.55. The van der Waals surface area contributed by atoms with E-state index in [1.165, 1.54) is 5.56 Å². The van der Waals surface area contributed by atoms with Gasteiger partial charge >= 0.3 is 0 Å². The lowest BCUT2D eigenvalue weighted by Gasteiger charge is -1.97. The number of allylic oxidation sites excluding steroid dienone is 1. The summed E-state index contributed by atoms with van der Waals surface area (Å²) < 4.78 is 0. The van der Waals surface area contributed by atoms with Crippen molar-refractivity contribution in [3.8, 4) is 11.8 Å². The zero-order valence-corrected chi connectivity index (χ0v) is 10.1. The van der Waals surface area contributed by atoms with E-state index in [1.807, 2.05) is 26.0 Å². The predicted molar refractivity (Wildman–Crippen MR) is 68.1 cm³/mol. The van der Waals surface area contributed by atoms with Crippen molar-refractivity contribution in [2.24, 2.45) is 0 Å². The second-order valence-electron chi connectivity index (χ2n) is 4.01. The van der Waals surface area contributed by atoms with Crippen LogP contribution in [0.15, 0.2) is 35.9 Å². The van der Waals surface area contributed by atoms with Gasteiger partial charge in [0, 0.05) is 5.56 Å². The topological polar surface area (TPSA) is 20.2 Å². The average molecular weight is 214 g/mol. The molecule has 84 valence electrons. The highest BCUT2D eigenvalue weighted by Crippen LogP contribution is 2.03. The molecule has 1 nitrogen and oxygen atoms in total. The average Bonchev–Trinajstić information content (AvgIpc) is 2.26. The van der Waals surface area contributed by atoms with Crippen LogP contribution in [0.2, 0.25) is 0 Å². The number of rotatable bonds is 2. The first-order chi connectivity index (χ1) is 7.61. The molecule has 0 saturated carbocycles. The van der Waals surface area contributed by atoms with Gasteiger partial charge < -0.3 is 5.11 Å². The number of benzene rings is 1. The van der Waals surface area contributed by atoms with Crippen molar-refractivity contribution in [1.82, 2.24) is 0 Å². The lowest BCUT2D eigenvalue weighted by Crippen LogP contribution is -1.97. The Morgan fingerprint density at radius 1 is 1.31 bits per heavy atom. The van der Waals surface area contributed by atoms with E-state index in [0.29, 0.717) is 0 Å². The monoisotopic (exact) mass is 214 g/mol. The zero-order valence-electron chi connectivity index (χ0n) is 10.1. The van der Waals surface area contributed by atoms with Crippen LogP contribution in [-0.4, -0.2) is 11.2 Å². The van der Waals surface area contributed by atoms with Gasteiger partial charge in [-0.25, -0.2) is 0 Å². The van der Waals surface area contributed by atoms with E-state index < -0.39 is 6.10 Å². The molecule has 0 heterocycles. The minimum absolute atomic E-state index is 0.671. The van der Waals surface area contributed by atoms with E-state index in [9.17, 15) is 5.11 Å². The molecule has 0 aliphatic carbocycles. The Labute approximate surface area is 97.8 Å². The lowest BCUT2D eigenvalue weighted by atomic mass is 10.1. The molecule has 0 aromatic heterocycles. The first-order valence-electron chi connectivity index (χ1n) is 5.55. The fraction of sp³-hybridized carbons (Fsp3) is 0.333. The van der Waals surface area contributed by atoms with Gasteiger partial charge in [-0.05, 0) is 44.0 Å². The van der Waals surface area contributed by atoms with Gasteiger partial charge in [0.05, 0.1) is 0 Å². The number of hydrogen-bond donors (Lipinski definition) is 1. The van der Waals surface area contributed by atoms with Gasteiger partial charge in [0.2, 0.25) is 0 Å². The van der Waals surface area contributed by atoms with Gasteiger partial charge in [-0.1, -0.05) is 36.5 Å². The maximum absolute atomic E-state index is 9.53. The summed E-state index contributed by atoms with van der Waals surface area (Å²) in [7, 11) is 0. The summed E-state index contributed by atoms with van der Waals surface area (Å²) in [5, 5.41) is 9.53. The molecule has 0 amide bonds. The van der Waals surface area contributed by atoms with Crippen LogP contribution in [0.1, 0.15) is 31.9 Å². The molecule has 0 aliphatic heterocycles. The molecule has 0 fully saturated rings. The maximum Gasteiger partial charge on any atom is 0.133 e. The van der Waals surface area contributed by atoms with E-state index in [2.05, 4.69) is 30.9 Å². The Kier molecular flexibility index (Phi) is 4.82. The molecule has 1 N–H and O–H groups in total. The summed E-state index contributed by atoms with van der Waals surface area (Å²) in [5.41, 5.74) is 3.32. The third-order valence-corrected chi connectivity index (χ3v) is 2.22. The van der Waals surface area contributed by atoms with E-state index in [1.54, 1.807) is 6.08 Å². The third kappa shape index (κ3) is 4.33. The number of aliphatic hydroxyl groups is 1. The highest BCUT2D eigenvalue weighted by molar-refractivity contribution is 5.37. The molecule has 1 atom stereocenters. The Morgan fingerprint density at radius 3 is 2.44 bits per heavy atom. The quantitative estimate of drug-likeness (QED) is 0.593. The summed E-state index contributed by atoms with van der Waals surface area (Å²) in [6.07, 6.45) is 2.11. The fourth-order valence-corrected chi connectivity index (χ4v) is 1.34. The Bertz CT molecular complexity index is 411. The lowest BCUT2D eigenvalue weighted by molar-refractivity contribution is 0.280. The molecule has 0 bridgehead atoms. The van der Waals surface area contributed by atoms with Crippen LogP contribution < -0.4 is 0 Å². The van der Waals surface area contributed by atoms with Crippen LogP contribution in [0, 0.1) is 11.8 Å². The van der Waals surface area contributed by atoms with Gasteiger partial charge in [-0.15, -0.1) is 0 Å². The largest absolute Gasteiger partial charge is 0.377 e. The van der Waals surface area contributed by atoms with Crippen molar-refractivity contribution < 1.29 is 5.11 Å². The molecule has 0 saturated heterocycles. The maximum atomic E-state index is 9.53. The number of aliphatic hydroxyl groups excluding tert-OH is 1. The van der Waals surface area contributed by atoms with Gasteiger partial charge in [0.15, 0.2) is 0 Å². The number of aryl methyl sites for hydroxylation is 1. The van der Waals surface area contributed by atoms with E-state index >= 15 is 0 Å². The molecule has 1 aromatic rings. The molecule has 1 unspecified atom stereocenters. The van der Waals surface area contributed by atoms with E-state index in [-0.39, 0.29) is 0 Å². The van der Waals surface area contributed by atoms with Crippen molar-refractivity contribution in [3.05, 3.63) is 47.0 Å². The predicted octanol–water partition coefficient (Wildman–Crippen LogP) is 2.93. The number of hydrogen-bond acceptors (Lipinski definition) is 1. The molecule has 1 rings (SSSR count). The van der Waals surface area contributed by atoms with Crippen LogP contribution in [0.3, 0.4) is 0 Å². The molecular weight excluding hydrogens is 196 g/mol. The molecule has 1 heteroatoms. The third-order valence-electron chi connectivity index (χ3n) is 2.22. The minimum Gasteiger partial charge on any atom is -0.377 e. The molecular formula is C15H18O. The van der Waals surface area contributed by atoms with Crippen LogP contribution >= 0.6 is 0 Å². The SMILES string of the molecule is CCc1ccc(C#CC(O)C=C(C)C)cc1. The van der Waals surface area contributed by atoms with Crippen LogP contribution in [0.5, 0.6) is 0 Å². The first kappa shape index (κ1) is 12.5. The van der Waals surface area contributed by atoms with E-state index in [4.69, 9.17) is 0 Å². The smallest absolute Gasteiger partial charge is 0.133 e. The van der Waals surface area contributed by atoms with Crippen LogP contribution in [0.4, 0.5) is 0 Å². The summed E-state index contributed by atoms with van der Waals surface area (Å²) in [6.45, 7) is 6.02. The molecule has 0 radical (unpaired) electrons. The normalized spacial score (nSPS) is 11.2. The van der Waals surface area contributed by atoms with Crippen molar-refractivity contribution in [1.29, 1.82) is 0 Å². The van der Waals surface area contributed by atoms with Crippen LogP contribution in [-0.2, 0) is 6.42 Å². The summed E-state index contributed by atoms with van der Waals surface area (Å²) in [6, 6.07) is 8.11. The summed E-state index contributed by atoms with van der Waals surface area (Å²) in [4.78, 5) is 0. The Morgan fingerprint density at radius 2 is 1.94 bits per heavy atom. The van der Waals surface area contributed by atoms with Crippen molar-refractivity contribution in [2.75, 3.05) is 0 Å². The Hall–Kier alpha value is -1.52. The van der Waals surface area contributed by atoms with Gasteiger partial charge in [0.25, 0.3) is 0 Å². The molecule has 16 heavy (non-hydrogen) atoms. The van der Waals surface area contributed by atoms with Crippen LogP contribution in [0.25, 0.3) is 0 Å². The van der Waals surface area contributed by atoms with Gasteiger partial charge in [-0.3, -0.25) is 0 Å². The van der Waals surface area contributed by atoms with Crippen molar-refractivity contribution in [2.45, 2.75) is 33.3 Å². The second-order valence-corrected chi connectivity index (χ2v) is 4.01. The van der Waals surface area contributed by atoms with Crippen molar-refractivity contribution >= 4 is 0 Å². The summed E-state index contributed by atoms with van der Waals surface area (Å²) in [5.74, 6) is 5.75. The second kappa shape index (κ2) is 6.15. The molecule has 1 aromatic carbocycles. The van der Waals surface area contributed by atoms with Crippen molar-refractivity contribution in [3.63, 3.8) is 0 Å². The zero-order chi connectivity index (χ0) is 12.0. The summed E-state index contributed by atoms with van der Waals surface area (Å²) >= 11 is 0. The van der Waals surface area contributed by atoms with E-state index in [0.717, 1.165) is 17.6 Å². The highest BCUT2D eigenvalue weighted by atomic mass is 16.3. The molecule has 0 aliphatic rings. The highest BCUT2D eigenvalue weighted by Gasteiger charge is 1.93. The molecule has 0 spiro atoms.